The number of hydrogen-bond donors (Lipinski definition) is 3. The molecule has 76 valence electrons. The zero-order valence-electron chi connectivity index (χ0n) is 8.39. The van der Waals surface area contributed by atoms with E-state index in [1.54, 1.807) is 14.2 Å². The molecule has 0 aromatic rings. The molecule has 0 saturated heterocycles. The van der Waals surface area contributed by atoms with Crippen LogP contribution in [0.15, 0.2) is 0 Å². The van der Waals surface area contributed by atoms with Gasteiger partial charge in [0, 0.05) is 20.2 Å². The molecular formula is C9H19N3O. The van der Waals surface area contributed by atoms with Crippen LogP contribution in [-0.2, 0) is 4.74 Å². The maximum absolute atomic E-state index is 7.42. The van der Waals surface area contributed by atoms with Crippen molar-refractivity contribution in [1.29, 1.82) is 5.41 Å². The van der Waals surface area contributed by atoms with Crippen LogP contribution in [0.25, 0.3) is 0 Å². The maximum atomic E-state index is 7.42. The van der Waals surface area contributed by atoms with Crippen LogP contribution >= 0.6 is 0 Å². The fraction of sp³-hybridized carbons (Fsp3) is 0.889. The summed E-state index contributed by atoms with van der Waals surface area (Å²) in [6, 6.07) is 0.450. The van der Waals surface area contributed by atoms with Gasteiger partial charge in [0.15, 0.2) is 5.96 Å². The number of hydrogen-bond acceptors (Lipinski definition) is 2. The average Bonchev–Trinajstić information content (AvgIpc) is 2.19. The number of guanidine groups is 1. The zero-order valence-corrected chi connectivity index (χ0v) is 8.39. The van der Waals surface area contributed by atoms with E-state index in [-0.39, 0.29) is 0 Å². The van der Waals surface area contributed by atoms with E-state index in [2.05, 4.69) is 10.6 Å². The van der Waals surface area contributed by atoms with Gasteiger partial charge < -0.3 is 15.4 Å². The SMILES string of the molecule is CNC(=N)N[C@H]1CC[C@H](OC)CC1. The van der Waals surface area contributed by atoms with E-state index in [9.17, 15) is 0 Å². The number of methoxy groups -OCH3 is 1. The Morgan fingerprint density at radius 3 is 2.38 bits per heavy atom. The second-order valence-corrected chi connectivity index (χ2v) is 3.48. The van der Waals surface area contributed by atoms with Crippen LogP contribution < -0.4 is 10.6 Å². The van der Waals surface area contributed by atoms with Crippen LogP contribution in [0.2, 0.25) is 0 Å². The molecule has 13 heavy (non-hydrogen) atoms. The topological polar surface area (TPSA) is 57.1 Å². The molecule has 1 saturated carbocycles. The molecule has 0 aliphatic heterocycles. The van der Waals surface area contributed by atoms with Crippen molar-refractivity contribution >= 4 is 5.96 Å². The van der Waals surface area contributed by atoms with Crippen molar-refractivity contribution in [2.75, 3.05) is 14.2 Å². The van der Waals surface area contributed by atoms with E-state index in [1.165, 1.54) is 0 Å². The molecule has 1 rings (SSSR count). The normalized spacial score (nSPS) is 28.2. The van der Waals surface area contributed by atoms with E-state index in [0.29, 0.717) is 18.1 Å². The van der Waals surface area contributed by atoms with Gasteiger partial charge in [-0.3, -0.25) is 5.41 Å². The van der Waals surface area contributed by atoms with Crippen molar-refractivity contribution in [3.63, 3.8) is 0 Å². The largest absolute Gasteiger partial charge is 0.381 e. The number of nitrogens with one attached hydrogen (secondary N) is 3. The Balaban J connectivity index is 2.21. The van der Waals surface area contributed by atoms with Crippen LogP contribution in [0.4, 0.5) is 0 Å². The van der Waals surface area contributed by atoms with Gasteiger partial charge in [-0.15, -0.1) is 0 Å². The van der Waals surface area contributed by atoms with E-state index >= 15 is 0 Å². The summed E-state index contributed by atoms with van der Waals surface area (Å²) in [4.78, 5) is 0. The highest BCUT2D eigenvalue weighted by Gasteiger charge is 2.20. The predicted molar refractivity (Wildman–Crippen MR) is 53.0 cm³/mol. The van der Waals surface area contributed by atoms with Crippen LogP contribution in [0.5, 0.6) is 0 Å². The summed E-state index contributed by atoms with van der Waals surface area (Å²) in [5, 5.41) is 13.3. The second kappa shape index (κ2) is 5.07. The highest BCUT2D eigenvalue weighted by molar-refractivity contribution is 5.76. The van der Waals surface area contributed by atoms with Crippen molar-refractivity contribution in [2.24, 2.45) is 0 Å². The van der Waals surface area contributed by atoms with Crippen LogP contribution in [0, 0.1) is 5.41 Å². The van der Waals surface area contributed by atoms with Crippen molar-refractivity contribution in [3.05, 3.63) is 0 Å². The van der Waals surface area contributed by atoms with Crippen molar-refractivity contribution in [2.45, 2.75) is 37.8 Å². The molecule has 4 nitrogen and oxygen atoms in total. The van der Waals surface area contributed by atoms with Gasteiger partial charge in [-0.25, -0.2) is 0 Å². The molecule has 3 N–H and O–H groups in total. The molecule has 0 atom stereocenters. The lowest BCUT2D eigenvalue weighted by Gasteiger charge is -2.28. The molecule has 0 radical (unpaired) electrons. The van der Waals surface area contributed by atoms with Crippen LogP contribution in [-0.4, -0.2) is 32.3 Å². The molecule has 0 amide bonds. The summed E-state index contributed by atoms with van der Waals surface area (Å²) in [5.74, 6) is 0.417. The predicted octanol–water partition coefficient (Wildman–Crippen LogP) is 0.688. The Morgan fingerprint density at radius 2 is 1.92 bits per heavy atom. The van der Waals surface area contributed by atoms with Gasteiger partial charge in [-0.1, -0.05) is 0 Å². The third-order valence-corrected chi connectivity index (χ3v) is 2.61. The Kier molecular flexibility index (Phi) is 4.02. The maximum Gasteiger partial charge on any atom is 0.188 e. The Hall–Kier alpha value is -0.770. The molecule has 1 aliphatic rings. The Labute approximate surface area is 79.6 Å². The lowest BCUT2D eigenvalue weighted by molar-refractivity contribution is 0.0645. The minimum absolute atomic E-state index is 0.417. The van der Waals surface area contributed by atoms with Gasteiger partial charge in [0.2, 0.25) is 0 Å². The molecular weight excluding hydrogens is 166 g/mol. The third kappa shape index (κ3) is 3.22. The summed E-state index contributed by atoms with van der Waals surface area (Å²) >= 11 is 0. The summed E-state index contributed by atoms with van der Waals surface area (Å²) in [5.41, 5.74) is 0. The second-order valence-electron chi connectivity index (χ2n) is 3.48. The fourth-order valence-electron chi connectivity index (χ4n) is 1.72. The molecule has 4 heteroatoms. The van der Waals surface area contributed by atoms with Gasteiger partial charge in [0.25, 0.3) is 0 Å². The van der Waals surface area contributed by atoms with E-state index in [0.717, 1.165) is 25.7 Å². The summed E-state index contributed by atoms with van der Waals surface area (Å²) in [7, 11) is 3.53. The van der Waals surface area contributed by atoms with Crippen LogP contribution in [0.3, 0.4) is 0 Å². The van der Waals surface area contributed by atoms with Gasteiger partial charge in [-0.05, 0) is 25.7 Å². The van der Waals surface area contributed by atoms with Gasteiger partial charge in [0.1, 0.15) is 0 Å². The summed E-state index contributed by atoms with van der Waals surface area (Å²) in [6.45, 7) is 0. The van der Waals surface area contributed by atoms with Gasteiger partial charge in [-0.2, -0.15) is 0 Å². The molecule has 0 aromatic heterocycles. The first-order valence-electron chi connectivity index (χ1n) is 4.82. The molecule has 0 bridgehead atoms. The number of ether oxygens (including phenoxy) is 1. The van der Waals surface area contributed by atoms with E-state index < -0.39 is 0 Å². The first kappa shape index (κ1) is 10.3. The summed E-state index contributed by atoms with van der Waals surface area (Å²) in [6.07, 6.45) is 4.84. The zero-order chi connectivity index (χ0) is 9.68. The Morgan fingerprint density at radius 1 is 1.31 bits per heavy atom. The molecule has 1 aliphatic carbocycles. The highest BCUT2D eigenvalue weighted by Crippen LogP contribution is 2.20. The molecule has 0 heterocycles. The lowest BCUT2D eigenvalue weighted by atomic mass is 9.93. The minimum Gasteiger partial charge on any atom is -0.381 e. The monoisotopic (exact) mass is 185 g/mol. The van der Waals surface area contributed by atoms with Crippen LogP contribution in [0.1, 0.15) is 25.7 Å². The van der Waals surface area contributed by atoms with Gasteiger partial charge >= 0.3 is 0 Å². The third-order valence-electron chi connectivity index (χ3n) is 2.61. The lowest BCUT2D eigenvalue weighted by Crippen LogP contribution is -2.43. The highest BCUT2D eigenvalue weighted by atomic mass is 16.5. The first-order valence-corrected chi connectivity index (χ1v) is 4.82. The molecule has 0 unspecified atom stereocenters. The fourth-order valence-corrected chi connectivity index (χ4v) is 1.72. The average molecular weight is 185 g/mol. The first-order chi connectivity index (χ1) is 6.26. The minimum atomic E-state index is 0.417. The molecule has 0 spiro atoms. The smallest absolute Gasteiger partial charge is 0.188 e. The number of rotatable bonds is 2. The Bertz CT molecular complexity index is 164. The van der Waals surface area contributed by atoms with Crippen molar-refractivity contribution in [1.82, 2.24) is 10.6 Å². The van der Waals surface area contributed by atoms with E-state index in [1.807, 2.05) is 0 Å². The quantitative estimate of drug-likeness (QED) is 0.438. The van der Waals surface area contributed by atoms with Crippen molar-refractivity contribution in [3.8, 4) is 0 Å². The van der Waals surface area contributed by atoms with Crippen molar-refractivity contribution < 1.29 is 4.74 Å². The molecule has 1 fully saturated rings. The molecule has 0 aromatic carbocycles. The van der Waals surface area contributed by atoms with E-state index in [4.69, 9.17) is 10.1 Å². The summed E-state index contributed by atoms with van der Waals surface area (Å²) < 4.78 is 5.27. The van der Waals surface area contributed by atoms with Gasteiger partial charge in [0.05, 0.1) is 6.10 Å². The standard InChI is InChI=1S/C9H19N3O/c1-11-9(10)12-7-3-5-8(13-2)6-4-7/h7-8H,3-6H2,1-2H3,(H3,10,11,12)/t7-,8-.